The summed E-state index contributed by atoms with van der Waals surface area (Å²) >= 11 is 0. The molecule has 3 aromatic carbocycles. The quantitative estimate of drug-likeness (QED) is 0.493. The fourth-order valence-corrected chi connectivity index (χ4v) is 5.21. The lowest BCUT2D eigenvalue weighted by molar-refractivity contribution is -0.0901. The maximum absolute atomic E-state index is 10.5. The maximum atomic E-state index is 10.5. The van der Waals surface area contributed by atoms with Gasteiger partial charge in [-0.3, -0.25) is 4.90 Å². The zero-order valence-corrected chi connectivity index (χ0v) is 19.4. The normalized spacial score (nSPS) is 26.6. The molecule has 5 nitrogen and oxygen atoms in total. The molecule has 34 heavy (non-hydrogen) atoms. The molecule has 0 bridgehead atoms. The Balaban J connectivity index is 1.32. The number of benzene rings is 3. The summed E-state index contributed by atoms with van der Waals surface area (Å²) < 4.78 is 19.2. The van der Waals surface area contributed by atoms with Crippen LogP contribution in [0.1, 0.15) is 23.1 Å². The van der Waals surface area contributed by atoms with Crippen molar-refractivity contribution in [3.05, 3.63) is 108 Å². The van der Waals surface area contributed by atoms with E-state index in [1.165, 1.54) is 0 Å². The van der Waals surface area contributed by atoms with E-state index in [1.54, 1.807) is 0 Å². The van der Waals surface area contributed by atoms with E-state index in [0.717, 1.165) is 16.7 Å². The zero-order valence-electron chi connectivity index (χ0n) is 19.4. The van der Waals surface area contributed by atoms with Gasteiger partial charge in [0.2, 0.25) is 0 Å². The lowest BCUT2D eigenvalue weighted by Crippen LogP contribution is -2.43. The van der Waals surface area contributed by atoms with Crippen LogP contribution in [-0.2, 0) is 34.0 Å². The highest BCUT2D eigenvalue weighted by Gasteiger charge is 2.54. The second kappa shape index (κ2) is 11.3. The SMILES string of the molecule is O[C@H]1C[C@H]2[C@H](OCc3ccccc3)[C@H](OCc3ccccc3)[C@@H](COCc3ccccc3)N2C1. The Labute approximate surface area is 201 Å². The molecule has 178 valence electrons. The van der Waals surface area contributed by atoms with Crippen molar-refractivity contribution < 1.29 is 19.3 Å². The summed E-state index contributed by atoms with van der Waals surface area (Å²) in [5.41, 5.74) is 3.43. The highest BCUT2D eigenvalue weighted by atomic mass is 16.5. The summed E-state index contributed by atoms with van der Waals surface area (Å²) in [4.78, 5) is 2.35. The molecule has 0 radical (unpaired) electrons. The van der Waals surface area contributed by atoms with Gasteiger partial charge in [-0.1, -0.05) is 91.0 Å². The van der Waals surface area contributed by atoms with Crippen LogP contribution in [0.25, 0.3) is 0 Å². The Morgan fingerprint density at radius 1 is 0.676 bits per heavy atom. The molecule has 5 rings (SSSR count). The summed E-state index contributed by atoms with van der Waals surface area (Å²) in [6.07, 6.45) is 0.0722. The Morgan fingerprint density at radius 2 is 1.18 bits per heavy atom. The average Bonchev–Trinajstić information content (AvgIpc) is 3.38. The standard InChI is InChI=1S/C29H33NO4/c31-25-16-26-28(33-19-23-12-6-2-7-13-23)29(34-20-24-14-8-3-9-15-24)27(30(26)17-25)21-32-18-22-10-4-1-5-11-22/h1-15,25-29,31H,16-21H2/t25-,26-,27+,28-,29+/m0/s1. The van der Waals surface area contributed by atoms with Crippen LogP contribution in [0.2, 0.25) is 0 Å². The third kappa shape index (κ3) is 5.57. The molecule has 2 aliphatic heterocycles. The second-order valence-corrected chi connectivity index (χ2v) is 9.24. The summed E-state index contributed by atoms with van der Waals surface area (Å²) in [6.45, 7) is 2.76. The summed E-state index contributed by atoms with van der Waals surface area (Å²) in [6, 6.07) is 30.8. The Hall–Kier alpha value is -2.54. The minimum atomic E-state index is -0.348. The molecule has 0 amide bonds. The second-order valence-electron chi connectivity index (χ2n) is 9.24. The van der Waals surface area contributed by atoms with Gasteiger partial charge in [-0.2, -0.15) is 0 Å². The van der Waals surface area contributed by atoms with E-state index in [2.05, 4.69) is 41.3 Å². The van der Waals surface area contributed by atoms with E-state index in [9.17, 15) is 5.11 Å². The van der Waals surface area contributed by atoms with Gasteiger partial charge in [-0.25, -0.2) is 0 Å². The average molecular weight is 460 g/mol. The lowest BCUT2D eigenvalue weighted by Gasteiger charge is -2.28. The topological polar surface area (TPSA) is 51.2 Å². The van der Waals surface area contributed by atoms with Gasteiger partial charge in [0.1, 0.15) is 12.2 Å². The van der Waals surface area contributed by atoms with Gasteiger partial charge in [0.05, 0.1) is 38.6 Å². The predicted octanol–water partition coefficient (Wildman–Crippen LogP) is 4.19. The molecule has 2 aliphatic rings. The molecular formula is C29H33NO4. The largest absolute Gasteiger partial charge is 0.392 e. The molecule has 2 heterocycles. The third-order valence-electron chi connectivity index (χ3n) is 6.84. The van der Waals surface area contributed by atoms with Crippen molar-refractivity contribution in [3.8, 4) is 0 Å². The fourth-order valence-electron chi connectivity index (χ4n) is 5.21. The number of aliphatic hydroxyl groups excluding tert-OH is 1. The van der Waals surface area contributed by atoms with Crippen LogP contribution >= 0.6 is 0 Å². The maximum Gasteiger partial charge on any atom is 0.103 e. The van der Waals surface area contributed by atoms with E-state index >= 15 is 0 Å². The van der Waals surface area contributed by atoms with Crippen molar-refractivity contribution >= 4 is 0 Å². The van der Waals surface area contributed by atoms with Crippen LogP contribution < -0.4 is 0 Å². The van der Waals surface area contributed by atoms with Crippen molar-refractivity contribution in [2.45, 2.75) is 56.6 Å². The van der Waals surface area contributed by atoms with Crippen LogP contribution in [0.4, 0.5) is 0 Å². The Bertz CT molecular complexity index is 1000. The smallest absolute Gasteiger partial charge is 0.103 e. The monoisotopic (exact) mass is 459 g/mol. The number of hydrogen-bond donors (Lipinski definition) is 1. The molecule has 2 saturated heterocycles. The molecule has 5 atom stereocenters. The Kier molecular flexibility index (Phi) is 7.69. The number of fused-ring (bicyclic) bond motifs is 1. The van der Waals surface area contributed by atoms with Gasteiger partial charge in [0, 0.05) is 12.6 Å². The number of nitrogens with zero attached hydrogens (tertiary/aromatic N) is 1. The summed E-state index contributed by atoms with van der Waals surface area (Å²) in [5, 5.41) is 10.5. The van der Waals surface area contributed by atoms with Gasteiger partial charge in [-0.15, -0.1) is 0 Å². The van der Waals surface area contributed by atoms with Crippen LogP contribution in [-0.4, -0.2) is 53.6 Å². The molecule has 3 aromatic rings. The van der Waals surface area contributed by atoms with Gasteiger partial charge >= 0.3 is 0 Å². The highest BCUT2D eigenvalue weighted by Crippen LogP contribution is 2.38. The van der Waals surface area contributed by atoms with Crippen LogP contribution in [0.3, 0.4) is 0 Å². The first-order chi connectivity index (χ1) is 16.8. The summed E-state index contributed by atoms with van der Waals surface area (Å²) in [5.74, 6) is 0. The number of rotatable bonds is 10. The third-order valence-corrected chi connectivity index (χ3v) is 6.84. The first kappa shape index (κ1) is 23.2. The van der Waals surface area contributed by atoms with Gasteiger partial charge in [-0.05, 0) is 23.1 Å². The van der Waals surface area contributed by atoms with Crippen molar-refractivity contribution in [2.75, 3.05) is 13.2 Å². The predicted molar refractivity (Wildman–Crippen MR) is 131 cm³/mol. The Morgan fingerprint density at radius 3 is 1.74 bits per heavy atom. The van der Waals surface area contributed by atoms with Crippen molar-refractivity contribution in [1.82, 2.24) is 4.90 Å². The summed E-state index contributed by atoms with van der Waals surface area (Å²) in [7, 11) is 0. The van der Waals surface area contributed by atoms with Gasteiger partial charge in [0.15, 0.2) is 0 Å². The minimum absolute atomic E-state index is 0.0235. The van der Waals surface area contributed by atoms with Crippen LogP contribution in [0.15, 0.2) is 91.0 Å². The molecule has 0 unspecified atom stereocenters. The number of aliphatic hydroxyl groups is 1. The van der Waals surface area contributed by atoms with E-state index in [4.69, 9.17) is 14.2 Å². The fraction of sp³-hybridized carbons (Fsp3) is 0.379. The molecule has 0 aromatic heterocycles. The lowest BCUT2D eigenvalue weighted by atomic mass is 10.0. The van der Waals surface area contributed by atoms with Crippen molar-refractivity contribution in [2.24, 2.45) is 0 Å². The highest BCUT2D eigenvalue weighted by molar-refractivity contribution is 5.16. The molecule has 0 aliphatic carbocycles. The van der Waals surface area contributed by atoms with E-state index in [1.807, 2.05) is 54.6 Å². The molecular weight excluding hydrogens is 426 g/mol. The number of ether oxygens (including phenoxy) is 3. The van der Waals surface area contributed by atoms with Gasteiger partial charge < -0.3 is 19.3 Å². The zero-order chi connectivity index (χ0) is 23.2. The first-order valence-electron chi connectivity index (χ1n) is 12.1. The van der Waals surface area contributed by atoms with Crippen molar-refractivity contribution in [3.63, 3.8) is 0 Å². The van der Waals surface area contributed by atoms with E-state index in [-0.39, 0.29) is 30.4 Å². The molecule has 0 spiro atoms. The van der Waals surface area contributed by atoms with Crippen molar-refractivity contribution in [1.29, 1.82) is 0 Å². The van der Waals surface area contributed by atoms with E-state index < -0.39 is 0 Å². The molecule has 2 fully saturated rings. The minimum Gasteiger partial charge on any atom is -0.392 e. The van der Waals surface area contributed by atoms with Gasteiger partial charge in [0.25, 0.3) is 0 Å². The number of hydrogen-bond acceptors (Lipinski definition) is 5. The van der Waals surface area contributed by atoms with E-state index in [0.29, 0.717) is 39.4 Å². The molecule has 0 saturated carbocycles. The first-order valence-corrected chi connectivity index (χ1v) is 12.1. The van der Waals surface area contributed by atoms with Crippen LogP contribution in [0, 0.1) is 0 Å². The molecule has 1 N–H and O–H groups in total. The van der Waals surface area contributed by atoms with Crippen LogP contribution in [0.5, 0.6) is 0 Å². The molecule has 5 heteroatoms.